The first kappa shape index (κ1) is 43.8. The normalized spacial score (nSPS) is 17.5. The van der Waals surface area contributed by atoms with Gasteiger partial charge in [-0.3, -0.25) is 9.05 Å². The van der Waals surface area contributed by atoms with Crippen LogP contribution in [0, 0.1) is 17.1 Å². The molecule has 0 radical (unpaired) electrons. The molecule has 1 saturated heterocycles. The van der Waals surface area contributed by atoms with Crippen molar-refractivity contribution in [3.63, 3.8) is 0 Å². The molecule has 54 heavy (non-hydrogen) atoms. The topological polar surface area (TPSA) is 163 Å². The van der Waals surface area contributed by atoms with Gasteiger partial charge in [0, 0.05) is 12.2 Å². The maximum absolute atomic E-state index is 14.7. The molecule has 3 aromatic rings. The number of nitrogens with two attached hydrogens (primary N) is 1. The summed E-state index contributed by atoms with van der Waals surface area (Å²) in [7, 11) is -4.50. The monoisotopic (exact) mass is 773 g/mol. The lowest BCUT2D eigenvalue weighted by atomic mass is 10.0. The summed E-state index contributed by atoms with van der Waals surface area (Å²) in [6.45, 7) is 2.19. The number of rotatable bonds is 29. The Labute approximate surface area is 320 Å². The third-order valence-corrected chi connectivity index (χ3v) is 10.9. The number of halogens is 1. The minimum atomic E-state index is -4.50. The summed E-state index contributed by atoms with van der Waals surface area (Å²) in [6.07, 6.45) is 21.7. The Morgan fingerprint density at radius 3 is 2.30 bits per heavy atom. The number of aromatic nitrogens is 3. The average molecular weight is 774 g/mol. The summed E-state index contributed by atoms with van der Waals surface area (Å²) in [5, 5.41) is 13.5. The first-order chi connectivity index (χ1) is 26.3. The van der Waals surface area contributed by atoms with E-state index in [0.717, 1.165) is 25.0 Å². The summed E-state index contributed by atoms with van der Waals surface area (Å²) in [5.74, 6) is -0.301. The molecular weight excluding hydrogens is 712 g/mol. The lowest BCUT2D eigenvalue weighted by Crippen LogP contribution is -2.26. The van der Waals surface area contributed by atoms with Crippen molar-refractivity contribution >= 4 is 19.2 Å². The smallest absolute Gasteiger partial charge is 0.382 e. The van der Waals surface area contributed by atoms with Crippen LogP contribution in [0.15, 0.2) is 36.7 Å². The number of benzene rings is 1. The van der Waals surface area contributed by atoms with Crippen LogP contribution in [0.3, 0.4) is 0 Å². The van der Waals surface area contributed by atoms with E-state index < -0.39 is 25.8 Å². The van der Waals surface area contributed by atoms with E-state index in [0.29, 0.717) is 30.8 Å². The van der Waals surface area contributed by atoms with Gasteiger partial charge in [0.15, 0.2) is 5.82 Å². The number of nitrogens with zero attached hydrogens (tertiary/aromatic N) is 4. The Hall–Kier alpha value is -2.95. The Kier molecular flexibility index (Phi) is 19.9. The highest BCUT2D eigenvalue weighted by Gasteiger charge is 2.32. The van der Waals surface area contributed by atoms with Crippen molar-refractivity contribution in [2.24, 2.45) is 0 Å². The molecule has 0 spiro atoms. The number of phosphoric acid groups is 1. The quantitative estimate of drug-likeness (QED) is 0.0510. The van der Waals surface area contributed by atoms with Crippen molar-refractivity contribution in [1.82, 2.24) is 14.6 Å². The number of unbranched alkanes of at least 4 members (excludes halogenated alkanes) is 15. The number of ether oxygens (including phenoxy) is 3. The Balaban J connectivity index is 1.12. The van der Waals surface area contributed by atoms with Crippen LogP contribution >= 0.6 is 7.82 Å². The summed E-state index contributed by atoms with van der Waals surface area (Å²) in [4.78, 5) is 14.5. The molecule has 2 aromatic heterocycles. The Morgan fingerprint density at radius 1 is 0.963 bits per heavy atom. The second-order valence-electron chi connectivity index (χ2n) is 14.3. The predicted molar refractivity (Wildman–Crippen MR) is 206 cm³/mol. The van der Waals surface area contributed by atoms with Crippen LogP contribution in [0.5, 0.6) is 0 Å². The lowest BCUT2D eigenvalue weighted by molar-refractivity contribution is -0.0535. The van der Waals surface area contributed by atoms with E-state index >= 15 is 0 Å². The molecule has 0 bridgehead atoms. The highest BCUT2D eigenvalue weighted by atomic mass is 31.2. The first-order valence-corrected chi connectivity index (χ1v) is 21.5. The molecule has 0 amide bonds. The summed E-state index contributed by atoms with van der Waals surface area (Å²) in [6, 6.07) is 10.0. The highest BCUT2D eigenvalue weighted by molar-refractivity contribution is 7.47. The van der Waals surface area contributed by atoms with E-state index in [1.807, 2.05) is 18.2 Å². The number of fused-ring (bicyclic) bond motifs is 1. The van der Waals surface area contributed by atoms with Crippen LogP contribution in [-0.4, -0.2) is 58.1 Å². The molecule has 3 heterocycles. The molecule has 1 fully saturated rings. The fourth-order valence-electron chi connectivity index (χ4n) is 6.75. The highest BCUT2D eigenvalue weighted by Crippen LogP contribution is 2.45. The van der Waals surface area contributed by atoms with Gasteiger partial charge in [0.2, 0.25) is 0 Å². The van der Waals surface area contributed by atoms with Crippen LogP contribution in [0.25, 0.3) is 5.52 Å². The summed E-state index contributed by atoms with van der Waals surface area (Å²) < 4.78 is 57.7. The minimum absolute atomic E-state index is 0.0745. The molecule has 12 nitrogen and oxygen atoms in total. The van der Waals surface area contributed by atoms with Gasteiger partial charge in [0.05, 0.1) is 43.8 Å². The third kappa shape index (κ3) is 15.3. The third-order valence-electron chi connectivity index (χ3n) is 9.92. The minimum Gasteiger partial charge on any atom is -0.382 e. The van der Waals surface area contributed by atoms with E-state index in [4.69, 9.17) is 29.0 Å². The van der Waals surface area contributed by atoms with Gasteiger partial charge in [-0.15, -0.1) is 0 Å². The molecular formula is C40H61FN5O7P. The number of anilines is 1. The zero-order valence-electron chi connectivity index (χ0n) is 32.0. The number of hydrogen-bond acceptors (Lipinski definition) is 10. The molecule has 300 valence electrons. The van der Waals surface area contributed by atoms with Gasteiger partial charge in [-0.2, -0.15) is 10.4 Å². The van der Waals surface area contributed by atoms with Crippen molar-refractivity contribution in [2.45, 2.75) is 147 Å². The molecule has 4 atom stereocenters. The molecule has 1 aromatic carbocycles. The molecule has 1 aliphatic rings. The Morgan fingerprint density at radius 2 is 1.63 bits per heavy atom. The van der Waals surface area contributed by atoms with Crippen molar-refractivity contribution < 1.29 is 37.1 Å². The van der Waals surface area contributed by atoms with Crippen LogP contribution in [0.4, 0.5) is 10.2 Å². The molecule has 4 unspecified atom stereocenters. The van der Waals surface area contributed by atoms with Gasteiger partial charge in [-0.1, -0.05) is 115 Å². The summed E-state index contributed by atoms with van der Waals surface area (Å²) in [5.41, 5.74) is 7.54. The van der Waals surface area contributed by atoms with E-state index in [2.05, 4.69) is 17.0 Å². The van der Waals surface area contributed by atoms with Gasteiger partial charge in [0.1, 0.15) is 35.9 Å². The maximum Gasteiger partial charge on any atom is 0.472 e. The number of nitrogen functional groups attached to an aromatic ring is 1. The molecule has 14 heteroatoms. The predicted octanol–water partition coefficient (Wildman–Crippen LogP) is 9.54. The Bertz CT molecular complexity index is 1600. The van der Waals surface area contributed by atoms with Crippen molar-refractivity contribution in [2.75, 3.05) is 32.2 Å². The van der Waals surface area contributed by atoms with Gasteiger partial charge in [0.25, 0.3) is 0 Å². The zero-order valence-corrected chi connectivity index (χ0v) is 32.9. The summed E-state index contributed by atoms with van der Waals surface area (Å²) >= 11 is 0. The van der Waals surface area contributed by atoms with Crippen LogP contribution < -0.4 is 5.73 Å². The van der Waals surface area contributed by atoms with Crippen molar-refractivity contribution in [3.05, 3.63) is 59.3 Å². The second-order valence-corrected chi connectivity index (χ2v) is 15.7. The first-order valence-electron chi connectivity index (χ1n) is 20.0. The molecule has 3 N–H and O–H groups in total. The van der Waals surface area contributed by atoms with Gasteiger partial charge < -0.3 is 24.8 Å². The second kappa shape index (κ2) is 24.5. The van der Waals surface area contributed by atoms with Crippen LogP contribution in [0.1, 0.15) is 145 Å². The van der Waals surface area contributed by atoms with E-state index in [1.165, 1.54) is 102 Å². The van der Waals surface area contributed by atoms with Gasteiger partial charge in [-0.25, -0.2) is 18.5 Å². The van der Waals surface area contributed by atoms with Crippen LogP contribution in [0.2, 0.25) is 0 Å². The van der Waals surface area contributed by atoms with Gasteiger partial charge >= 0.3 is 7.82 Å². The standard InChI is InChI=1S/C40H61FN5O7P/c1-2-3-4-5-6-7-8-9-10-11-12-13-14-15-16-17-25-49-28-35(50-27-33-20-18-19-32(26-42)39(33)41)30-52-54(47,48)51-29-34-21-24-38(53-34)36-22-23-37-40(43)44-31-45-46(36)37/h18-20,22-23,31,34-35,38H,2-17,21,24-25,27-30H2,1H3,(H,47,48)(H2,43,44,45). The van der Waals surface area contributed by atoms with Crippen molar-refractivity contribution in [1.29, 1.82) is 5.26 Å². The van der Waals surface area contributed by atoms with Crippen LogP contribution in [-0.2, 0) is 34.4 Å². The van der Waals surface area contributed by atoms with E-state index in [1.54, 1.807) is 10.6 Å². The number of hydrogen-bond donors (Lipinski definition) is 2. The van der Waals surface area contributed by atoms with E-state index in [-0.39, 0.29) is 43.7 Å². The molecule has 0 aliphatic carbocycles. The average Bonchev–Trinajstić information content (AvgIpc) is 3.83. The zero-order chi connectivity index (χ0) is 38.4. The fourth-order valence-corrected chi connectivity index (χ4v) is 7.54. The molecule has 4 rings (SSSR count). The van der Waals surface area contributed by atoms with Gasteiger partial charge in [-0.05, 0) is 37.5 Å². The lowest BCUT2D eigenvalue weighted by Gasteiger charge is -2.21. The number of nitriles is 1. The molecule has 1 aliphatic heterocycles. The molecule has 0 saturated carbocycles. The van der Waals surface area contributed by atoms with E-state index in [9.17, 15) is 19.1 Å². The number of phosphoric ester groups is 1. The van der Waals surface area contributed by atoms with Crippen molar-refractivity contribution in [3.8, 4) is 6.07 Å². The fraction of sp³-hybridized carbons (Fsp3) is 0.675. The maximum atomic E-state index is 14.7. The largest absolute Gasteiger partial charge is 0.472 e. The SMILES string of the molecule is CCCCCCCCCCCCCCCCCCOCC(COP(=O)(O)OCC1CCC(c2ccc3c(N)ncnn23)O1)OCc1cccc(C#N)c1F.